The van der Waals surface area contributed by atoms with Crippen LogP contribution < -0.4 is 10.6 Å². The number of pyridine rings is 1. The average molecular weight is 423 g/mol. The molecule has 0 atom stereocenters. The summed E-state index contributed by atoms with van der Waals surface area (Å²) in [7, 11) is 0. The van der Waals surface area contributed by atoms with Crippen molar-refractivity contribution in [1.29, 1.82) is 0 Å². The van der Waals surface area contributed by atoms with Crippen molar-refractivity contribution in [2.75, 3.05) is 32.7 Å². The lowest BCUT2D eigenvalue weighted by molar-refractivity contribution is 0.0740. The Hall–Kier alpha value is -2.84. The molecule has 7 nitrogen and oxygen atoms in total. The average Bonchev–Trinajstić information content (AvgIpc) is 3.21. The van der Waals surface area contributed by atoms with E-state index in [4.69, 9.17) is 0 Å². The van der Waals surface area contributed by atoms with Crippen LogP contribution in [0.4, 0.5) is 0 Å². The fraction of sp³-hybridized carbons (Fsp3) is 0.364. The van der Waals surface area contributed by atoms with Crippen LogP contribution in [0.1, 0.15) is 32.2 Å². The molecule has 4 heterocycles. The number of piperazine rings is 1. The van der Waals surface area contributed by atoms with Crippen LogP contribution in [0.3, 0.4) is 0 Å². The molecule has 2 aliphatic rings. The zero-order valence-corrected chi connectivity index (χ0v) is 17.7. The van der Waals surface area contributed by atoms with Gasteiger partial charge in [0.15, 0.2) is 0 Å². The maximum absolute atomic E-state index is 12.9. The van der Waals surface area contributed by atoms with Gasteiger partial charge in [0.05, 0.1) is 11.4 Å². The number of hydrogen-bond acceptors (Lipinski definition) is 7. The number of carbonyl (C=O) groups is 1. The number of nitrogens with one attached hydrogen (secondary N) is 2. The molecule has 0 spiro atoms. The van der Waals surface area contributed by atoms with Crippen molar-refractivity contribution in [2.45, 2.75) is 19.4 Å². The Labute approximate surface area is 180 Å². The molecule has 1 amide bonds. The first kappa shape index (κ1) is 20.4. The largest absolute Gasteiger partial charge is 0.354 e. The quantitative estimate of drug-likeness (QED) is 0.793. The van der Waals surface area contributed by atoms with Gasteiger partial charge in [0.1, 0.15) is 0 Å². The molecule has 30 heavy (non-hydrogen) atoms. The first-order valence-electron chi connectivity index (χ1n) is 10.3. The van der Waals surface area contributed by atoms with E-state index in [2.05, 4.69) is 37.8 Å². The Balaban J connectivity index is 1.44. The maximum Gasteiger partial charge on any atom is 0.264 e. The van der Waals surface area contributed by atoms with Gasteiger partial charge in [-0.15, -0.1) is 11.3 Å². The highest BCUT2D eigenvalue weighted by Gasteiger charge is 2.21. The maximum atomic E-state index is 12.9. The molecule has 8 heteroatoms. The Morgan fingerprint density at radius 1 is 1.27 bits per heavy atom. The number of guanidine groups is 1. The van der Waals surface area contributed by atoms with E-state index in [1.54, 1.807) is 17.5 Å². The normalized spacial score (nSPS) is 17.7. The van der Waals surface area contributed by atoms with Crippen molar-refractivity contribution in [1.82, 2.24) is 20.5 Å². The number of amides is 1. The monoisotopic (exact) mass is 422 g/mol. The minimum absolute atomic E-state index is 0.117. The van der Waals surface area contributed by atoms with E-state index in [-0.39, 0.29) is 5.91 Å². The van der Waals surface area contributed by atoms with Gasteiger partial charge in [0.2, 0.25) is 5.96 Å². The number of nitrogens with zero attached hydrogens (tertiary/aromatic N) is 4. The molecule has 2 aromatic rings. The molecule has 2 aliphatic heterocycles. The molecule has 0 saturated carbocycles. The molecule has 2 aromatic heterocycles. The Bertz CT molecular complexity index is 944. The number of carbonyl (C=O) groups excluding carboxylic acids is 1. The summed E-state index contributed by atoms with van der Waals surface area (Å²) in [4.78, 5) is 30.2. The van der Waals surface area contributed by atoms with E-state index in [1.807, 2.05) is 35.4 Å². The number of hydrogen-bond donors (Lipinski definition) is 2. The Morgan fingerprint density at radius 2 is 2.17 bits per heavy atom. The summed E-state index contributed by atoms with van der Waals surface area (Å²) in [6, 6.07) is 7.92. The van der Waals surface area contributed by atoms with E-state index in [9.17, 15) is 4.79 Å². The second kappa shape index (κ2) is 10.3. The summed E-state index contributed by atoms with van der Waals surface area (Å²) in [6.45, 7) is 4.43. The number of allylic oxidation sites excluding steroid dienone is 1. The molecule has 0 unspecified atom stereocenters. The Kier molecular flexibility index (Phi) is 6.99. The summed E-state index contributed by atoms with van der Waals surface area (Å²) in [5.74, 6) is 0.736. The van der Waals surface area contributed by atoms with Crippen LogP contribution in [0, 0.1) is 0 Å². The minimum Gasteiger partial charge on any atom is -0.354 e. The molecule has 2 N–H and O–H groups in total. The van der Waals surface area contributed by atoms with Gasteiger partial charge >= 0.3 is 0 Å². The molecule has 156 valence electrons. The predicted octanol–water partition coefficient (Wildman–Crippen LogP) is 2.36. The van der Waals surface area contributed by atoms with E-state index in [0.717, 1.165) is 60.0 Å². The molecule has 0 bridgehead atoms. The van der Waals surface area contributed by atoms with Gasteiger partial charge in [-0.05, 0) is 29.8 Å². The minimum atomic E-state index is 0.117. The van der Waals surface area contributed by atoms with Crippen molar-refractivity contribution < 1.29 is 4.79 Å². The van der Waals surface area contributed by atoms with Crippen LogP contribution in [0.5, 0.6) is 0 Å². The van der Waals surface area contributed by atoms with E-state index in [0.29, 0.717) is 19.0 Å². The van der Waals surface area contributed by atoms with E-state index in [1.165, 1.54) is 0 Å². The smallest absolute Gasteiger partial charge is 0.264 e. The standard InChI is InChI=1S/C22H26N6OS/c29-21(28-13-11-23-12-14-28)20-15-17-16-27-22(25-9-4-2-6-19(17)30-20)26-10-7-18-5-1-3-8-24-18/h1-3,5-6,8-9,15,23H,4,7,10-14,16H2,(H,26,27)/b6-2-,25-9?. The summed E-state index contributed by atoms with van der Waals surface area (Å²) in [6.07, 6.45) is 9.35. The molecular formula is C22H26N6OS. The SMILES string of the molecule is O=C(c1cc2c(s1)/C=C\CC=NC(NCCc1ccccn1)=NC2)N1CCNCC1. The second-order valence-electron chi connectivity index (χ2n) is 7.13. The zero-order chi connectivity index (χ0) is 20.6. The number of aliphatic imine (C=N–C) groups is 2. The summed E-state index contributed by atoms with van der Waals surface area (Å²) < 4.78 is 0. The number of aromatic nitrogens is 1. The number of thiophene rings is 1. The third-order valence-electron chi connectivity index (χ3n) is 4.97. The van der Waals surface area contributed by atoms with Crippen molar-refractivity contribution >= 4 is 35.5 Å². The zero-order valence-electron chi connectivity index (χ0n) is 16.9. The van der Waals surface area contributed by atoms with Gasteiger partial charge in [-0.3, -0.25) is 9.78 Å². The second-order valence-corrected chi connectivity index (χ2v) is 8.21. The molecule has 0 aromatic carbocycles. The van der Waals surface area contributed by atoms with Crippen molar-refractivity contribution in [3.63, 3.8) is 0 Å². The first-order valence-corrected chi connectivity index (χ1v) is 11.1. The molecular weight excluding hydrogens is 396 g/mol. The number of fused-ring (bicyclic) bond motifs is 1. The predicted molar refractivity (Wildman–Crippen MR) is 122 cm³/mol. The van der Waals surface area contributed by atoms with Crippen molar-refractivity contribution in [3.05, 3.63) is 57.6 Å². The lowest BCUT2D eigenvalue weighted by atomic mass is 10.2. The molecule has 1 fully saturated rings. The van der Waals surface area contributed by atoms with Crippen LogP contribution in [0.15, 0.2) is 46.5 Å². The number of rotatable bonds is 4. The van der Waals surface area contributed by atoms with E-state index < -0.39 is 0 Å². The van der Waals surface area contributed by atoms with Crippen molar-refractivity contribution in [3.8, 4) is 0 Å². The third kappa shape index (κ3) is 5.40. The third-order valence-corrected chi connectivity index (χ3v) is 6.10. The molecule has 0 aliphatic carbocycles. The van der Waals surface area contributed by atoms with Crippen LogP contribution in [-0.4, -0.2) is 60.7 Å². The highest BCUT2D eigenvalue weighted by Crippen LogP contribution is 2.26. The molecule has 0 radical (unpaired) electrons. The highest BCUT2D eigenvalue weighted by molar-refractivity contribution is 7.15. The highest BCUT2D eigenvalue weighted by atomic mass is 32.1. The summed E-state index contributed by atoms with van der Waals surface area (Å²) >= 11 is 1.55. The lowest BCUT2D eigenvalue weighted by Gasteiger charge is -2.26. The van der Waals surface area contributed by atoms with Crippen LogP contribution >= 0.6 is 11.3 Å². The van der Waals surface area contributed by atoms with Crippen LogP contribution in [0.25, 0.3) is 6.08 Å². The van der Waals surface area contributed by atoms with Gasteiger partial charge in [-0.1, -0.05) is 12.1 Å². The van der Waals surface area contributed by atoms with Gasteiger partial charge in [0, 0.05) is 68.5 Å². The van der Waals surface area contributed by atoms with Gasteiger partial charge in [0.25, 0.3) is 5.91 Å². The lowest BCUT2D eigenvalue weighted by Crippen LogP contribution is -2.46. The fourth-order valence-electron chi connectivity index (χ4n) is 3.36. The Morgan fingerprint density at radius 3 is 3.00 bits per heavy atom. The first-order chi connectivity index (χ1) is 14.8. The summed E-state index contributed by atoms with van der Waals surface area (Å²) in [5, 5.41) is 6.60. The summed E-state index contributed by atoms with van der Waals surface area (Å²) in [5.41, 5.74) is 2.10. The van der Waals surface area contributed by atoms with Gasteiger partial charge < -0.3 is 15.5 Å². The van der Waals surface area contributed by atoms with Crippen LogP contribution in [0.2, 0.25) is 0 Å². The topological polar surface area (TPSA) is 82.0 Å². The van der Waals surface area contributed by atoms with Crippen LogP contribution in [-0.2, 0) is 13.0 Å². The fourth-order valence-corrected chi connectivity index (χ4v) is 4.44. The van der Waals surface area contributed by atoms with Crippen molar-refractivity contribution in [2.24, 2.45) is 9.98 Å². The molecule has 4 rings (SSSR count). The van der Waals surface area contributed by atoms with Gasteiger partial charge in [-0.25, -0.2) is 9.98 Å². The van der Waals surface area contributed by atoms with Gasteiger partial charge in [-0.2, -0.15) is 0 Å². The van der Waals surface area contributed by atoms with E-state index >= 15 is 0 Å². The molecule has 1 saturated heterocycles.